The van der Waals surface area contributed by atoms with E-state index < -0.39 is 0 Å². The zero-order valence-electron chi connectivity index (χ0n) is 13.7. The molecule has 2 fully saturated rings. The van der Waals surface area contributed by atoms with E-state index >= 15 is 0 Å². The van der Waals surface area contributed by atoms with Crippen LogP contribution in [0.5, 0.6) is 0 Å². The normalized spacial score (nSPS) is 22.9. The van der Waals surface area contributed by atoms with Gasteiger partial charge >= 0.3 is 0 Å². The minimum absolute atomic E-state index is 0.0944. The van der Waals surface area contributed by atoms with Crippen molar-refractivity contribution >= 4 is 11.8 Å². The maximum absolute atomic E-state index is 12.6. The Hall–Kier alpha value is -1.96. The lowest BCUT2D eigenvalue weighted by Gasteiger charge is -2.35. The van der Waals surface area contributed by atoms with Crippen LogP contribution in [0.4, 0.5) is 0 Å². The Labute approximate surface area is 135 Å². The van der Waals surface area contributed by atoms with Gasteiger partial charge < -0.3 is 14.3 Å². The van der Waals surface area contributed by atoms with Crippen LogP contribution in [0.3, 0.4) is 0 Å². The lowest BCUT2D eigenvalue weighted by atomic mass is 10.1. The van der Waals surface area contributed by atoms with E-state index in [0.717, 1.165) is 13.1 Å². The van der Waals surface area contributed by atoms with Crippen LogP contribution in [0.15, 0.2) is 4.52 Å². The largest absolute Gasteiger partial charge is 0.342 e. The highest BCUT2D eigenvalue weighted by Gasteiger charge is 2.36. The van der Waals surface area contributed by atoms with Crippen molar-refractivity contribution in [2.24, 2.45) is 5.92 Å². The van der Waals surface area contributed by atoms with E-state index in [1.54, 1.807) is 11.8 Å². The molecule has 1 aromatic heterocycles. The van der Waals surface area contributed by atoms with Crippen molar-refractivity contribution in [3.8, 4) is 0 Å². The molecule has 3 rings (SSSR count). The molecule has 0 bridgehead atoms. The highest BCUT2D eigenvalue weighted by Crippen LogP contribution is 2.20. The molecule has 2 amide bonds. The number of hydrogen-bond donors (Lipinski definition) is 0. The molecule has 0 unspecified atom stereocenters. The maximum atomic E-state index is 12.6. The number of carbonyl (C=O) groups excluding carboxylic acids is 2. The lowest BCUT2D eigenvalue weighted by Crippen LogP contribution is -2.50. The highest BCUT2D eigenvalue weighted by molar-refractivity contribution is 5.89. The summed E-state index contributed by atoms with van der Waals surface area (Å²) in [6.07, 6.45) is 0.356. The minimum Gasteiger partial charge on any atom is -0.342 e. The Morgan fingerprint density at radius 3 is 2.61 bits per heavy atom. The third-order valence-corrected chi connectivity index (χ3v) is 4.56. The summed E-state index contributed by atoms with van der Waals surface area (Å²) in [7, 11) is 0. The van der Waals surface area contributed by atoms with Gasteiger partial charge in [0.2, 0.25) is 17.7 Å². The monoisotopic (exact) mass is 321 g/mol. The SMILES string of the molecule is CCN1C[C@H](C(=O)N2CCN(Cc3noc(C)n3)CC2)CC1=O. The Kier molecular flexibility index (Phi) is 4.61. The van der Waals surface area contributed by atoms with Gasteiger partial charge in [0.15, 0.2) is 5.82 Å². The molecule has 1 atom stereocenters. The third kappa shape index (κ3) is 3.52. The molecule has 0 spiro atoms. The van der Waals surface area contributed by atoms with Gasteiger partial charge in [-0.15, -0.1) is 0 Å². The van der Waals surface area contributed by atoms with E-state index in [2.05, 4.69) is 15.0 Å². The number of piperazine rings is 1. The molecule has 0 saturated carbocycles. The first kappa shape index (κ1) is 15.9. The Balaban J connectivity index is 1.49. The molecule has 8 heteroatoms. The highest BCUT2D eigenvalue weighted by atomic mass is 16.5. The van der Waals surface area contributed by atoms with E-state index in [4.69, 9.17) is 4.52 Å². The number of likely N-dealkylation sites (tertiary alicyclic amines) is 1. The smallest absolute Gasteiger partial charge is 0.228 e. The Morgan fingerprint density at radius 2 is 2.04 bits per heavy atom. The van der Waals surface area contributed by atoms with Crippen molar-refractivity contribution in [1.29, 1.82) is 0 Å². The number of rotatable bonds is 4. The first-order chi connectivity index (χ1) is 11.1. The van der Waals surface area contributed by atoms with Gasteiger partial charge in [-0.2, -0.15) is 4.98 Å². The Morgan fingerprint density at radius 1 is 1.30 bits per heavy atom. The topological polar surface area (TPSA) is 82.8 Å². The first-order valence-corrected chi connectivity index (χ1v) is 8.15. The van der Waals surface area contributed by atoms with Crippen LogP contribution >= 0.6 is 0 Å². The van der Waals surface area contributed by atoms with Gasteiger partial charge in [0.05, 0.1) is 12.5 Å². The number of carbonyl (C=O) groups is 2. The number of aromatic nitrogens is 2. The van der Waals surface area contributed by atoms with Gasteiger partial charge in [0.1, 0.15) is 0 Å². The second kappa shape index (κ2) is 6.66. The summed E-state index contributed by atoms with van der Waals surface area (Å²) in [5.41, 5.74) is 0. The van der Waals surface area contributed by atoms with Gasteiger partial charge in [-0.1, -0.05) is 5.16 Å². The maximum Gasteiger partial charge on any atom is 0.228 e. The summed E-state index contributed by atoms with van der Waals surface area (Å²) in [5.74, 6) is 1.29. The molecule has 2 saturated heterocycles. The summed E-state index contributed by atoms with van der Waals surface area (Å²) in [6, 6.07) is 0. The molecule has 3 heterocycles. The van der Waals surface area contributed by atoms with E-state index in [9.17, 15) is 9.59 Å². The van der Waals surface area contributed by atoms with E-state index in [-0.39, 0.29) is 17.7 Å². The predicted octanol–water partition coefficient (Wildman–Crippen LogP) is -0.109. The molecule has 8 nitrogen and oxygen atoms in total. The van der Waals surface area contributed by atoms with Crippen LogP contribution in [0.25, 0.3) is 0 Å². The lowest BCUT2D eigenvalue weighted by molar-refractivity contribution is -0.137. The summed E-state index contributed by atoms with van der Waals surface area (Å²) in [5, 5.41) is 3.90. The molecule has 2 aliphatic heterocycles. The molecule has 0 radical (unpaired) electrons. The molecule has 0 aromatic carbocycles. The average Bonchev–Trinajstić information content (AvgIpc) is 3.13. The molecule has 0 aliphatic carbocycles. The fourth-order valence-corrected chi connectivity index (χ4v) is 3.23. The summed E-state index contributed by atoms with van der Waals surface area (Å²) < 4.78 is 4.97. The summed E-state index contributed by atoms with van der Waals surface area (Å²) >= 11 is 0. The van der Waals surface area contributed by atoms with Gasteiger partial charge in [0, 0.05) is 52.6 Å². The van der Waals surface area contributed by atoms with Crippen LogP contribution in [-0.2, 0) is 16.1 Å². The van der Waals surface area contributed by atoms with Crippen molar-refractivity contribution in [3.63, 3.8) is 0 Å². The quantitative estimate of drug-likeness (QED) is 0.769. The number of aryl methyl sites for hydroxylation is 1. The van der Waals surface area contributed by atoms with Crippen molar-refractivity contribution in [2.75, 3.05) is 39.3 Å². The van der Waals surface area contributed by atoms with Crippen molar-refractivity contribution in [1.82, 2.24) is 24.8 Å². The van der Waals surface area contributed by atoms with Crippen LogP contribution in [0.2, 0.25) is 0 Å². The zero-order chi connectivity index (χ0) is 16.4. The minimum atomic E-state index is -0.172. The first-order valence-electron chi connectivity index (χ1n) is 8.15. The molecule has 126 valence electrons. The standard InChI is InChI=1S/C15H23N5O3/c1-3-19-9-12(8-14(19)21)15(22)20-6-4-18(5-7-20)10-13-16-11(2)23-17-13/h12H,3-10H2,1-2H3/t12-/m1/s1. The Bertz CT molecular complexity index is 579. The van der Waals surface area contributed by atoms with Gasteiger partial charge in [-0.3, -0.25) is 14.5 Å². The molecular weight excluding hydrogens is 298 g/mol. The molecule has 23 heavy (non-hydrogen) atoms. The van der Waals surface area contributed by atoms with E-state index in [1.807, 2.05) is 11.8 Å². The average molecular weight is 321 g/mol. The molecule has 0 N–H and O–H groups in total. The second-order valence-corrected chi connectivity index (χ2v) is 6.16. The predicted molar refractivity (Wildman–Crippen MR) is 81.3 cm³/mol. The van der Waals surface area contributed by atoms with Crippen LogP contribution < -0.4 is 0 Å². The number of nitrogens with zero attached hydrogens (tertiary/aromatic N) is 5. The second-order valence-electron chi connectivity index (χ2n) is 6.16. The number of hydrogen-bond acceptors (Lipinski definition) is 6. The van der Waals surface area contributed by atoms with Crippen molar-refractivity contribution in [3.05, 3.63) is 11.7 Å². The van der Waals surface area contributed by atoms with Gasteiger partial charge in [0.25, 0.3) is 0 Å². The fourth-order valence-electron chi connectivity index (χ4n) is 3.23. The zero-order valence-corrected chi connectivity index (χ0v) is 13.7. The summed E-state index contributed by atoms with van der Waals surface area (Å²) in [4.78, 5) is 34.4. The fraction of sp³-hybridized carbons (Fsp3) is 0.733. The van der Waals surface area contributed by atoms with Crippen LogP contribution in [0.1, 0.15) is 25.1 Å². The van der Waals surface area contributed by atoms with Crippen molar-refractivity contribution in [2.45, 2.75) is 26.8 Å². The van der Waals surface area contributed by atoms with Crippen molar-refractivity contribution < 1.29 is 14.1 Å². The number of amides is 2. The van der Waals surface area contributed by atoms with E-state index in [1.165, 1.54) is 0 Å². The van der Waals surface area contributed by atoms with E-state index in [0.29, 0.717) is 50.9 Å². The van der Waals surface area contributed by atoms with Crippen LogP contribution in [-0.4, -0.2) is 75.9 Å². The van der Waals surface area contributed by atoms with Gasteiger partial charge in [-0.05, 0) is 6.92 Å². The summed E-state index contributed by atoms with van der Waals surface area (Å²) in [6.45, 7) is 8.56. The van der Waals surface area contributed by atoms with Crippen LogP contribution in [0, 0.1) is 12.8 Å². The third-order valence-electron chi connectivity index (χ3n) is 4.56. The van der Waals surface area contributed by atoms with Gasteiger partial charge in [-0.25, -0.2) is 0 Å². The molecular formula is C15H23N5O3. The molecule has 2 aliphatic rings. The molecule has 1 aromatic rings.